The highest BCUT2D eigenvalue weighted by molar-refractivity contribution is 5.66. The highest BCUT2D eigenvalue weighted by atomic mass is 19.1. The fourth-order valence-corrected chi connectivity index (χ4v) is 2.42. The number of hydrogen-bond donors (Lipinski definition) is 1. The van der Waals surface area contributed by atoms with Gasteiger partial charge in [0.15, 0.2) is 11.5 Å². The maximum Gasteiger partial charge on any atom is 0.173 e. The van der Waals surface area contributed by atoms with Crippen LogP contribution in [0.4, 0.5) is 4.39 Å². The predicted octanol–water partition coefficient (Wildman–Crippen LogP) is 3.03. The van der Waals surface area contributed by atoms with E-state index >= 15 is 0 Å². The van der Waals surface area contributed by atoms with Crippen molar-refractivity contribution in [2.75, 3.05) is 6.54 Å². The molecule has 4 heteroatoms. The molecule has 0 spiro atoms. The Morgan fingerprint density at radius 1 is 1.10 bits per heavy atom. The van der Waals surface area contributed by atoms with Crippen LogP contribution < -0.4 is 5.73 Å². The number of rotatable bonds is 4. The molecule has 0 unspecified atom stereocenters. The third kappa shape index (κ3) is 2.18. The summed E-state index contributed by atoms with van der Waals surface area (Å²) in [4.78, 5) is 4.48. The van der Waals surface area contributed by atoms with Gasteiger partial charge in [-0.1, -0.05) is 30.3 Å². The summed E-state index contributed by atoms with van der Waals surface area (Å²) in [6.07, 6.45) is 3.49. The zero-order chi connectivity index (χ0) is 13.9. The first-order chi connectivity index (χ1) is 9.81. The van der Waals surface area contributed by atoms with Crippen LogP contribution in [-0.2, 0) is 6.42 Å². The largest absolute Gasteiger partial charge is 0.330 e. The quantitative estimate of drug-likeness (QED) is 0.791. The van der Waals surface area contributed by atoms with E-state index in [9.17, 15) is 4.39 Å². The second-order valence-corrected chi connectivity index (χ2v) is 4.72. The number of aryl methyl sites for hydroxylation is 1. The van der Waals surface area contributed by atoms with E-state index in [1.165, 1.54) is 6.07 Å². The molecule has 3 aromatic rings. The average molecular weight is 269 g/mol. The van der Waals surface area contributed by atoms with E-state index in [1.807, 2.05) is 40.9 Å². The van der Waals surface area contributed by atoms with E-state index in [0.29, 0.717) is 12.2 Å². The van der Waals surface area contributed by atoms with E-state index in [4.69, 9.17) is 5.73 Å². The van der Waals surface area contributed by atoms with Gasteiger partial charge in [-0.15, -0.1) is 0 Å². The Morgan fingerprint density at radius 3 is 2.65 bits per heavy atom. The molecule has 2 heterocycles. The molecule has 0 fully saturated rings. The maximum absolute atomic E-state index is 13.9. The van der Waals surface area contributed by atoms with Gasteiger partial charge in [-0.05, 0) is 31.5 Å². The molecule has 0 bridgehead atoms. The van der Waals surface area contributed by atoms with Crippen molar-refractivity contribution >= 4 is 5.65 Å². The van der Waals surface area contributed by atoms with Crippen LogP contribution in [-0.4, -0.2) is 15.9 Å². The van der Waals surface area contributed by atoms with Crippen molar-refractivity contribution in [2.45, 2.75) is 12.8 Å². The summed E-state index contributed by atoms with van der Waals surface area (Å²) in [6, 6.07) is 13.0. The van der Waals surface area contributed by atoms with Gasteiger partial charge in [0.2, 0.25) is 0 Å². The summed E-state index contributed by atoms with van der Waals surface area (Å²) >= 11 is 0. The van der Waals surface area contributed by atoms with Crippen molar-refractivity contribution in [2.24, 2.45) is 5.73 Å². The molecule has 0 saturated carbocycles. The molecule has 0 atom stereocenters. The van der Waals surface area contributed by atoms with E-state index < -0.39 is 0 Å². The summed E-state index contributed by atoms with van der Waals surface area (Å²) in [5.74, 6) is -0.302. The summed E-state index contributed by atoms with van der Waals surface area (Å²) in [5.41, 5.74) is 8.83. The molecule has 1 aromatic carbocycles. The van der Waals surface area contributed by atoms with Crippen LogP contribution in [0.25, 0.3) is 16.9 Å². The van der Waals surface area contributed by atoms with Crippen molar-refractivity contribution in [1.82, 2.24) is 9.38 Å². The fourth-order valence-electron chi connectivity index (χ4n) is 2.42. The lowest BCUT2D eigenvalue weighted by Gasteiger charge is -2.04. The minimum atomic E-state index is -0.302. The Morgan fingerprint density at radius 2 is 1.90 bits per heavy atom. The number of hydrogen-bond acceptors (Lipinski definition) is 2. The molecule has 0 aliphatic rings. The Kier molecular flexibility index (Phi) is 3.48. The van der Waals surface area contributed by atoms with Gasteiger partial charge in [0.05, 0.1) is 11.4 Å². The second-order valence-electron chi connectivity index (χ2n) is 4.72. The van der Waals surface area contributed by atoms with Gasteiger partial charge >= 0.3 is 0 Å². The normalized spacial score (nSPS) is 11.1. The first-order valence-electron chi connectivity index (χ1n) is 6.72. The Balaban J connectivity index is 2.22. The lowest BCUT2D eigenvalue weighted by atomic mass is 10.1. The van der Waals surface area contributed by atoms with Gasteiger partial charge in [-0.3, -0.25) is 0 Å². The summed E-state index contributed by atoms with van der Waals surface area (Å²) in [5, 5.41) is 0. The highest BCUT2D eigenvalue weighted by Gasteiger charge is 2.15. The van der Waals surface area contributed by atoms with Crippen LogP contribution in [0.5, 0.6) is 0 Å². The van der Waals surface area contributed by atoms with Gasteiger partial charge in [0, 0.05) is 11.8 Å². The lowest BCUT2D eigenvalue weighted by molar-refractivity contribution is 0.629. The van der Waals surface area contributed by atoms with Crippen molar-refractivity contribution in [3.05, 3.63) is 60.2 Å². The molecular formula is C16H16FN3. The molecule has 102 valence electrons. The maximum atomic E-state index is 13.9. The SMILES string of the molecule is NCCCc1c(-c2ccccc2)nc2c(F)cccn12. The van der Waals surface area contributed by atoms with Crippen LogP contribution in [0.2, 0.25) is 0 Å². The second kappa shape index (κ2) is 5.43. The monoisotopic (exact) mass is 269 g/mol. The highest BCUT2D eigenvalue weighted by Crippen LogP contribution is 2.26. The molecule has 3 nitrogen and oxygen atoms in total. The summed E-state index contributed by atoms with van der Waals surface area (Å²) in [6.45, 7) is 0.608. The Bertz CT molecular complexity index is 719. The van der Waals surface area contributed by atoms with E-state index in [0.717, 1.165) is 29.8 Å². The van der Waals surface area contributed by atoms with Gasteiger partial charge in [0.1, 0.15) is 0 Å². The summed E-state index contributed by atoms with van der Waals surface area (Å²) < 4.78 is 15.7. The molecule has 3 rings (SSSR count). The van der Waals surface area contributed by atoms with Crippen molar-refractivity contribution in [1.29, 1.82) is 0 Å². The number of aromatic nitrogens is 2. The number of nitrogens with zero attached hydrogens (tertiary/aromatic N) is 2. The van der Waals surface area contributed by atoms with E-state index in [1.54, 1.807) is 6.07 Å². The van der Waals surface area contributed by atoms with Crippen LogP contribution in [0.1, 0.15) is 12.1 Å². The van der Waals surface area contributed by atoms with Crippen molar-refractivity contribution in [3.63, 3.8) is 0 Å². The molecule has 0 amide bonds. The molecule has 2 aromatic heterocycles. The minimum Gasteiger partial charge on any atom is -0.330 e. The Labute approximate surface area is 116 Å². The minimum absolute atomic E-state index is 0.302. The number of nitrogens with two attached hydrogens (primary N) is 1. The number of benzene rings is 1. The van der Waals surface area contributed by atoms with Gasteiger partial charge in [-0.2, -0.15) is 0 Å². The van der Waals surface area contributed by atoms with Crippen LogP contribution in [0.3, 0.4) is 0 Å². The zero-order valence-corrected chi connectivity index (χ0v) is 11.1. The topological polar surface area (TPSA) is 43.3 Å². The van der Waals surface area contributed by atoms with E-state index in [-0.39, 0.29) is 5.82 Å². The van der Waals surface area contributed by atoms with Gasteiger partial charge in [0.25, 0.3) is 0 Å². The van der Waals surface area contributed by atoms with E-state index in [2.05, 4.69) is 4.98 Å². The molecule has 0 aliphatic carbocycles. The fraction of sp³-hybridized carbons (Fsp3) is 0.188. The average Bonchev–Trinajstić information content (AvgIpc) is 2.86. The molecule has 2 N–H and O–H groups in total. The van der Waals surface area contributed by atoms with Crippen molar-refractivity contribution < 1.29 is 4.39 Å². The van der Waals surface area contributed by atoms with Gasteiger partial charge in [-0.25, -0.2) is 9.37 Å². The molecule has 20 heavy (non-hydrogen) atoms. The number of pyridine rings is 1. The number of fused-ring (bicyclic) bond motifs is 1. The van der Waals surface area contributed by atoms with Gasteiger partial charge < -0.3 is 10.1 Å². The Hall–Kier alpha value is -2.20. The van der Waals surface area contributed by atoms with Crippen molar-refractivity contribution in [3.8, 4) is 11.3 Å². The smallest absolute Gasteiger partial charge is 0.173 e. The standard InChI is InChI=1S/C16H16FN3/c17-13-8-5-11-20-14(9-4-10-18)15(19-16(13)20)12-6-2-1-3-7-12/h1-3,5-8,11H,4,9-10,18H2. The third-order valence-electron chi connectivity index (χ3n) is 3.37. The molecule has 0 saturated heterocycles. The molecule has 0 aliphatic heterocycles. The van der Waals surface area contributed by atoms with Crippen LogP contribution >= 0.6 is 0 Å². The molecule has 0 radical (unpaired) electrons. The third-order valence-corrected chi connectivity index (χ3v) is 3.37. The number of imidazole rings is 1. The molecular weight excluding hydrogens is 253 g/mol. The first kappa shape index (κ1) is 12.8. The van der Waals surface area contributed by atoms with Crippen LogP contribution in [0, 0.1) is 5.82 Å². The van der Waals surface area contributed by atoms with Crippen LogP contribution in [0.15, 0.2) is 48.7 Å². The lowest BCUT2D eigenvalue weighted by Crippen LogP contribution is -2.03. The summed E-state index contributed by atoms with van der Waals surface area (Å²) in [7, 11) is 0. The predicted molar refractivity (Wildman–Crippen MR) is 78.0 cm³/mol. The number of halogens is 1. The first-order valence-corrected chi connectivity index (χ1v) is 6.72. The zero-order valence-electron chi connectivity index (χ0n) is 11.1.